The zero-order valence-electron chi connectivity index (χ0n) is 29.9. The van der Waals surface area contributed by atoms with Crippen molar-refractivity contribution in [2.75, 3.05) is 0 Å². The minimum Gasteiger partial charge on any atom is -0.354 e. The predicted octanol–water partition coefficient (Wildman–Crippen LogP) is 9.12. The Labute approximate surface area is 318 Å². The van der Waals surface area contributed by atoms with Gasteiger partial charge in [-0.25, -0.2) is 9.98 Å². The summed E-state index contributed by atoms with van der Waals surface area (Å²) in [5, 5.41) is 2.01. The van der Waals surface area contributed by atoms with Gasteiger partial charge in [-0.1, -0.05) is 152 Å². The fourth-order valence-electron chi connectivity index (χ4n) is 8.60. The van der Waals surface area contributed by atoms with Gasteiger partial charge in [0, 0.05) is 45.0 Å². The average Bonchev–Trinajstić information content (AvgIpc) is 4.09. The minimum absolute atomic E-state index is 0.725. The van der Waals surface area contributed by atoms with Gasteiger partial charge in [-0.05, 0) is 69.8 Å². The van der Waals surface area contributed by atoms with Crippen LogP contribution in [0.25, 0.3) is 38.9 Å². The van der Waals surface area contributed by atoms with Gasteiger partial charge in [0.15, 0.2) is 0 Å². The SMILES string of the molecule is C1=CC2=C(c3ccccc3)c3ccc4c(-c5ccccc5)c5c(n34)=NC(=C5Cc3ccccc3)C(c3ccccc3)=c3ccc([nH]3)=C(c3ccccc3)C1=N2. The molecule has 6 bridgehead atoms. The molecule has 11 rings (SSSR count). The molecule has 0 radical (unpaired) electrons. The van der Waals surface area contributed by atoms with Gasteiger partial charge < -0.3 is 4.98 Å². The first-order chi connectivity index (χ1) is 27.3. The molecular formula is C51H34N4. The van der Waals surface area contributed by atoms with Crippen LogP contribution in [0.4, 0.5) is 0 Å². The lowest BCUT2D eigenvalue weighted by atomic mass is 9.90. The van der Waals surface area contributed by atoms with E-state index < -0.39 is 0 Å². The van der Waals surface area contributed by atoms with E-state index in [1.54, 1.807) is 0 Å². The van der Waals surface area contributed by atoms with Crippen molar-refractivity contribution in [3.8, 4) is 11.1 Å². The summed E-state index contributed by atoms with van der Waals surface area (Å²) in [5.41, 5.74) is 18.5. The van der Waals surface area contributed by atoms with Crippen molar-refractivity contribution in [3.63, 3.8) is 0 Å². The summed E-state index contributed by atoms with van der Waals surface area (Å²) >= 11 is 0. The van der Waals surface area contributed by atoms with Crippen molar-refractivity contribution in [1.29, 1.82) is 0 Å². The number of nitrogens with one attached hydrogen (secondary N) is 1. The van der Waals surface area contributed by atoms with Crippen LogP contribution in [0.5, 0.6) is 0 Å². The Kier molecular flexibility index (Phi) is 7.20. The maximum Gasteiger partial charge on any atom is 0.146 e. The van der Waals surface area contributed by atoms with E-state index in [1.165, 1.54) is 27.8 Å². The highest BCUT2D eigenvalue weighted by atomic mass is 15.0. The van der Waals surface area contributed by atoms with Crippen LogP contribution in [0.1, 0.15) is 33.5 Å². The zero-order chi connectivity index (χ0) is 36.3. The topological polar surface area (TPSA) is 44.9 Å². The lowest BCUT2D eigenvalue weighted by molar-refractivity contribution is 1.06. The molecule has 0 saturated carbocycles. The fraction of sp³-hybridized carbons (Fsp3) is 0.0196. The largest absolute Gasteiger partial charge is 0.354 e. The summed E-state index contributed by atoms with van der Waals surface area (Å²) in [5.74, 6) is 0. The number of aliphatic imine (C=N–C) groups is 1. The molecule has 0 fully saturated rings. The third-order valence-corrected chi connectivity index (χ3v) is 11.0. The summed E-state index contributed by atoms with van der Waals surface area (Å²) in [7, 11) is 0. The van der Waals surface area contributed by atoms with Gasteiger partial charge >= 0.3 is 0 Å². The van der Waals surface area contributed by atoms with Crippen LogP contribution >= 0.6 is 0 Å². The summed E-state index contributed by atoms with van der Waals surface area (Å²) in [6.45, 7) is 0. The molecule has 3 aliphatic heterocycles. The van der Waals surface area contributed by atoms with E-state index >= 15 is 0 Å². The van der Waals surface area contributed by atoms with Gasteiger partial charge in [0.05, 0.1) is 28.3 Å². The van der Waals surface area contributed by atoms with Crippen LogP contribution in [0.3, 0.4) is 0 Å². The minimum atomic E-state index is 0.725. The Balaban J connectivity index is 1.36. The molecule has 5 aromatic carbocycles. The van der Waals surface area contributed by atoms with E-state index in [-0.39, 0.29) is 0 Å². The molecule has 1 N–H and O–H groups in total. The van der Waals surface area contributed by atoms with E-state index in [9.17, 15) is 0 Å². The fourth-order valence-corrected chi connectivity index (χ4v) is 8.60. The van der Waals surface area contributed by atoms with Crippen molar-refractivity contribution in [2.24, 2.45) is 9.98 Å². The van der Waals surface area contributed by atoms with Gasteiger partial charge in [-0.2, -0.15) is 0 Å². The van der Waals surface area contributed by atoms with Gasteiger partial charge in [0.1, 0.15) is 5.49 Å². The first-order valence-corrected chi connectivity index (χ1v) is 18.8. The lowest BCUT2D eigenvalue weighted by Crippen LogP contribution is -2.20. The first-order valence-electron chi connectivity index (χ1n) is 18.8. The molecule has 0 unspecified atom stereocenters. The molecule has 55 heavy (non-hydrogen) atoms. The van der Waals surface area contributed by atoms with Crippen LogP contribution in [-0.4, -0.2) is 15.1 Å². The van der Waals surface area contributed by atoms with Crippen LogP contribution in [-0.2, 0) is 6.42 Å². The Hall–Kier alpha value is -7.30. The smallest absolute Gasteiger partial charge is 0.146 e. The monoisotopic (exact) mass is 702 g/mol. The van der Waals surface area contributed by atoms with E-state index in [0.29, 0.717) is 0 Å². The Bertz CT molecular complexity index is 3110. The van der Waals surface area contributed by atoms with Gasteiger partial charge in [0.25, 0.3) is 0 Å². The molecule has 8 aromatic rings. The van der Waals surface area contributed by atoms with E-state index in [2.05, 4.69) is 197 Å². The zero-order valence-corrected chi connectivity index (χ0v) is 29.9. The molecule has 3 aliphatic rings. The Morgan fingerprint density at radius 2 is 1.00 bits per heavy atom. The van der Waals surface area contributed by atoms with Crippen molar-refractivity contribution in [3.05, 3.63) is 249 Å². The standard InChI is InChI=1S/C51H34N4/c1-6-16-33(17-7-1)32-38-49-48(37-24-14-5-15-25-37)44-31-30-43-46(35-20-10-3-11-21-35)41-28-26-39(52-41)45(34-18-8-2-9-19-34)40-27-29-42(53-40)47(36-22-12-4-13-23-36)50(38)54-51(49)55(43)44/h1-31,53H,32H2. The van der Waals surface area contributed by atoms with Gasteiger partial charge in [-0.3, -0.25) is 4.40 Å². The summed E-state index contributed by atoms with van der Waals surface area (Å²) in [4.78, 5) is 15.2. The Morgan fingerprint density at radius 3 is 1.64 bits per heavy atom. The molecule has 0 saturated heterocycles. The third-order valence-electron chi connectivity index (χ3n) is 11.0. The highest BCUT2D eigenvalue weighted by molar-refractivity contribution is 6.30. The molecule has 0 atom stereocenters. The van der Waals surface area contributed by atoms with E-state index in [1.807, 2.05) is 0 Å². The second-order valence-corrected chi connectivity index (χ2v) is 14.2. The summed E-state index contributed by atoms with van der Waals surface area (Å²) in [6.07, 6.45) is 5.07. The van der Waals surface area contributed by atoms with Crippen molar-refractivity contribution in [1.82, 2.24) is 9.38 Å². The molecule has 4 nitrogen and oxygen atoms in total. The number of rotatable bonds is 6. The first kappa shape index (κ1) is 31.2. The number of H-pyrrole nitrogens is 1. The second-order valence-electron chi connectivity index (χ2n) is 14.2. The van der Waals surface area contributed by atoms with Crippen molar-refractivity contribution < 1.29 is 0 Å². The van der Waals surface area contributed by atoms with Crippen LogP contribution < -0.4 is 16.2 Å². The maximum atomic E-state index is 5.79. The van der Waals surface area contributed by atoms with E-state index in [0.717, 1.165) is 84.3 Å². The normalized spacial score (nSPS) is 14.6. The molecule has 0 aliphatic carbocycles. The maximum absolute atomic E-state index is 5.79. The van der Waals surface area contributed by atoms with E-state index in [4.69, 9.17) is 9.98 Å². The molecule has 0 amide bonds. The molecule has 3 aromatic heterocycles. The van der Waals surface area contributed by atoms with Gasteiger partial charge in [-0.15, -0.1) is 0 Å². The summed E-state index contributed by atoms with van der Waals surface area (Å²) in [6, 6.07) is 62.6. The number of hydrogen-bond donors (Lipinski definition) is 1. The number of nitrogens with zero attached hydrogens (tertiary/aromatic N) is 3. The number of hydrogen-bond acceptors (Lipinski definition) is 2. The molecule has 6 heterocycles. The average molecular weight is 703 g/mol. The number of fused-ring (bicyclic) bond motifs is 4. The molecular weight excluding hydrogens is 669 g/mol. The third kappa shape index (κ3) is 5.07. The van der Waals surface area contributed by atoms with Crippen LogP contribution in [0.15, 0.2) is 209 Å². The molecule has 258 valence electrons. The number of aromatic amines is 1. The highest BCUT2D eigenvalue weighted by Crippen LogP contribution is 2.43. The van der Waals surface area contributed by atoms with Crippen molar-refractivity contribution in [2.45, 2.75) is 6.42 Å². The lowest BCUT2D eigenvalue weighted by Gasteiger charge is -2.14. The highest BCUT2D eigenvalue weighted by Gasteiger charge is 2.32. The predicted molar refractivity (Wildman–Crippen MR) is 224 cm³/mol. The van der Waals surface area contributed by atoms with Crippen LogP contribution in [0, 0.1) is 0 Å². The molecule has 0 spiro atoms. The molecule has 4 heteroatoms. The second kappa shape index (κ2) is 12.7. The van der Waals surface area contributed by atoms with Crippen LogP contribution in [0.2, 0.25) is 0 Å². The number of allylic oxidation sites excluding steroid dienone is 4. The quantitative estimate of drug-likeness (QED) is 0.180. The van der Waals surface area contributed by atoms with Crippen molar-refractivity contribution >= 4 is 33.5 Å². The summed E-state index contributed by atoms with van der Waals surface area (Å²) < 4.78 is 2.39. The van der Waals surface area contributed by atoms with Gasteiger partial charge in [0.2, 0.25) is 0 Å². The number of aromatic nitrogens is 2. The number of benzene rings is 5. The Morgan fingerprint density at radius 1 is 0.455 bits per heavy atom.